The molecule has 0 radical (unpaired) electrons. The van der Waals surface area contributed by atoms with Crippen molar-refractivity contribution in [2.24, 2.45) is 4.40 Å². The van der Waals surface area contributed by atoms with E-state index >= 15 is 0 Å². The number of hydrogen-bond acceptors (Lipinski definition) is 1. The minimum Gasteiger partial charge on any atom is -0.234 e. The van der Waals surface area contributed by atoms with Gasteiger partial charge in [-0.25, -0.2) is 4.21 Å². The van der Waals surface area contributed by atoms with Crippen LogP contribution in [0.3, 0.4) is 0 Å². The van der Waals surface area contributed by atoms with E-state index in [1.807, 2.05) is 45.9 Å². The summed E-state index contributed by atoms with van der Waals surface area (Å²) in [5.74, 6) is 0. The average Bonchev–Trinajstić information content (AvgIpc) is 2.18. The van der Waals surface area contributed by atoms with E-state index in [0.717, 1.165) is 15.6 Å². The Morgan fingerprint density at radius 2 is 2.00 bits per heavy atom. The summed E-state index contributed by atoms with van der Waals surface area (Å²) in [4.78, 5) is 0. The SMILES string of the molecule is Cc1c(Br)cccc1/C=N/[S@](=O)C(C)(C)C. The van der Waals surface area contributed by atoms with Crippen molar-refractivity contribution in [3.63, 3.8) is 0 Å². The molecule has 1 atom stereocenters. The summed E-state index contributed by atoms with van der Waals surface area (Å²) in [7, 11) is -1.20. The molecule has 1 rings (SSSR count). The summed E-state index contributed by atoms with van der Waals surface area (Å²) in [6, 6.07) is 5.88. The predicted octanol–water partition coefficient (Wildman–Crippen LogP) is 3.64. The first-order valence-corrected chi connectivity index (χ1v) is 6.93. The average molecular weight is 302 g/mol. The van der Waals surface area contributed by atoms with Gasteiger partial charge in [0.2, 0.25) is 0 Å². The zero-order valence-electron chi connectivity index (χ0n) is 9.95. The third-order valence-corrected chi connectivity index (χ3v) is 4.32. The van der Waals surface area contributed by atoms with E-state index < -0.39 is 11.0 Å². The molecule has 4 heteroatoms. The summed E-state index contributed by atoms with van der Waals surface area (Å²) in [5, 5.41) is 0. The van der Waals surface area contributed by atoms with Gasteiger partial charge in [0.05, 0.1) is 4.75 Å². The maximum atomic E-state index is 11.7. The number of benzene rings is 1. The molecule has 0 spiro atoms. The molecule has 0 fully saturated rings. The van der Waals surface area contributed by atoms with E-state index in [9.17, 15) is 4.21 Å². The highest BCUT2D eigenvalue weighted by atomic mass is 79.9. The molecule has 1 aromatic rings. The lowest BCUT2D eigenvalue weighted by Crippen LogP contribution is -2.19. The highest BCUT2D eigenvalue weighted by Gasteiger charge is 2.18. The largest absolute Gasteiger partial charge is 0.234 e. The van der Waals surface area contributed by atoms with Crippen molar-refractivity contribution in [2.75, 3.05) is 0 Å². The van der Waals surface area contributed by atoms with Gasteiger partial charge in [0.25, 0.3) is 0 Å². The van der Waals surface area contributed by atoms with Crippen LogP contribution in [0, 0.1) is 6.92 Å². The van der Waals surface area contributed by atoms with E-state index in [4.69, 9.17) is 0 Å². The molecule has 0 aromatic heterocycles. The van der Waals surface area contributed by atoms with E-state index in [1.165, 1.54) is 0 Å². The van der Waals surface area contributed by atoms with Crippen LogP contribution >= 0.6 is 15.9 Å². The molecule has 0 aliphatic rings. The maximum absolute atomic E-state index is 11.7. The molecule has 0 aliphatic carbocycles. The Morgan fingerprint density at radius 1 is 1.38 bits per heavy atom. The molecule has 0 amide bonds. The fourth-order valence-electron chi connectivity index (χ4n) is 1.03. The van der Waals surface area contributed by atoms with Crippen molar-refractivity contribution in [1.29, 1.82) is 0 Å². The first-order chi connectivity index (χ1) is 7.32. The molecule has 0 saturated carbocycles. The van der Waals surface area contributed by atoms with Crippen LogP contribution in [0.25, 0.3) is 0 Å². The Bertz CT molecular complexity index is 435. The van der Waals surface area contributed by atoms with Gasteiger partial charge in [-0.15, -0.1) is 0 Å². The first-order valence-electron chi connectivity index (χ1n) is 5.03. The van der Waals surface area contributed by atoms with Crippen LogP contribution < -0.4 is 0 Å². The zero-order valence-corrected chi connectivity index (χ0v) is 12.4. The van der Waals surface area contributed by atoms with Crippen molar-refractivity contribution >= 4 is 33.1 Å². The van der Waals surface area contributed by atoms with Crippen LogP contribution in [0.1, 0.15) is 31.9 Å². The van der Waals surface area contributed by atoms with Crippen LogP contribution in [0.4, 0.5) is 0 Å². The van der Waals surface area contributed by atoms with Crippen molar-refractivity contribution in [1.82, 2.24) is 0 Å². The lowest BCUT2D eigenvalue weighted by Gasteiger charge is -2.12. The molecular weight excluding hydrogens is 286 g/mol. The summed E-state index contributed by atoms with van der Waals surface area (Å²) in [6.45, 7) is 7.74. The number of hydrogen-bond donors (Lipinski definition) is 0. The quantitative estimate of drug-likeness (QED) is 0.767. The molecule has 2 nitrogen and oxygen atoms in total. The van der Waals surface area contributed by atoms with Crippen LogP contribution in [0.2, 0.25) is 0 Å². The minimum absolute atomic E-state index is 0.309. The van der Waals surface area contributed by atoms with E-state index in [2.05, 4.69) is 20.3 Å². The Kier molecular flexibility index (Phi) is 4.44. The van der Waals surface area contributed by atoms with Crippen LogP contribution in [0.5, 0.6) is 0 Å². The zero-order chi connectivity index (χ0) is 12.3. The Labute approximate surface area is 108 Å². The highest BCUT2D eigenvalue weighted by Crippen LogP contribution is 2.19. The Morgan fingerprint density at radius 3 is 2.56 bits per heavy atom. The summed E-state index contributed by atoms with van der Waals surface area (Å²) >= 11 is 3.46. The van der Waals surface area contributed by atoms with Crippen LogP contribution in [-0.4, -0.2) is 15.2 Å². The Balaban J connectivity index is 2.94. The van der Waals surface area contributed by atoms with Gasteiger partial charge in [-0.2, -0.15) is 4.40 Å². The van der Waals surface area contributed by atoms with Crippen LogP contribution in [-0.2, 0) is 11.0 Å². The lowest BCUT2D eigenvalue weighted by atomic mass is 10.1. The van der Waals surface area contributed by atoms with Crippen molar-refractivity contribution < 1.29 is 4.21 Å². The molecule has 16 heavy (non-hydrogen) atoms. The van der Waals surface area contributed by atoms with E-state index in [1.54, 1.807) is 6.21 Å². The number of nitrogens with zero attached hydrogens (tertiary/aromatic N) is 1. The highest BCUT2D eigenvalue weighted by molar-refractivity contribution is 9.10. The molecule has 0 bridgehead atoms. The third-order valence-electron chi connectivity index (χ3n) is 2.12. The summed E-state index contributed by atoms with van der Waals surface area (Å²) < 4.78 is 16.6. The molecule has 88 valence electrons. The molecule has 0 N–H and O–H groups in total. The number of rotatable bonds is 2. The topological polar surface area (TPSA) is 29.4 Å². The van der Waals surface area contributed by atoms with Gasteiger partial charge in [-0.05, 0) is 44.9 Å². The smallest absolute Gasteiger partial charge is 0.144 e. The van der Waals surface area contributed by atoms with Crippen molar-refractivity contribution in [2.45, 2.75) is 32.4 Å². The lowest BCUT2D eigenvalue weighted by molar-refractivity contribution is 0.651. The normalized spacial score (nSPS) is 14.3. The molecule has 1 aromatic carbocycles. The van der Waals surface area contributed by atoms with E-state index in [-0.39, 0.29) is 4.75 Å². The molecule has 0 unspecified atom stereocenters. The second-order valence-electron chi connectivity index (χ2n) is 4.55. The third kappa shape index (κ3) is 3.52. The van der Waals surface area contributed by atoms with Gasteiger partial charge in [0.1, 0.15) is 11.0 Å². The first kappa shape index (κ1) is 13.6. The second-order valence-corrected chi connectivity index (χ2v) is 7.34. The molecule has 0 aliphatic heterocycles. The molecular formula is C12H16BrNOS. The molecule has 0 heterocycles. The second kappa shape index (κ2) is 5.23. The van der Waals surface area contributed by atoms with Gasteiger partial charge in [-0.1, -0.05) is 28.1 Å². The summed E-state index contributed by atoms with van der Waals surface area (Å²) in [6.07, 6.45) is 1.68. The Hall–Kier alpha value is -0.480. The standard InChI is InChI=1S/C12H16BrNOS/c1-9-10(6-5-7-11(9)13)8-14-16(15)12(2,3)4/h5-8H,1-4H3/b14-8+/t16-/m1/s1. The number of halogens is 1. The minimum atomic E-state index is -1.20. The molecule has 0 saturated heterocycles. The predicted molar refractivity (Wildman–Crippen MR) is 74.4 cm³/mol. The van der Waals surface area contributed by atoms with Gasteiger partial charge in [0.15, 0.2) is 0 Å². The van der Waals surface area contributed by atoms with Gasteiger partial charge < -0.3 is 0 Å². The maximum Gasteiger partial charge on any atom is 0.144 e. The van der Waals surface area contributed by atoms with Crippen LogP contribution in [0.15, 0.2) is 27.1 Å². The fourth-order valence-corrected chi connectivity index (χ4v) is 1.93. The van der Waals surface area contributed by atoms with Gasteiger partial charge in [0, 0.05) is 10.7 Å². The fraction of sp³-hybridized carbons (Fsp3) is 0.417. The van der Waals surface area contributed by atoms with Crippen molar-refractivity contribution in [3.05, 3.63) is 33.8 Å². The van der Waals surface area contributed by atoms with Gasteiger partial charge in [-0.3, -0.25) is 0 Å². The van der Waals surface area contributed by atoms with Gasteiger partial charge >= 0.3 is 0 Å². The van der Waals surface area contributed by atoms with Crippen molar-refractivity contribution in [3.8, 4) is 0 Å². The summed E-state index contributed by atoms with van der Waals surface area (Å²) in [5.41, 5.74) is 2.10. The monoisotopic (exact) mass is 301 g/mol. The van der Waals surface area contributed by atoms with E-state index in [0.29, 0.717) is 0 Å².